The van der Waals surface area contributed by atoms with Crippen LogP contribution in [-0.2, 0) is 13.1 Å². The third kappa shape index (κ3) is 13.4. The van der Waals surface area contributed by atoms with Gasteiger partial charge in [-0.3, -0.25) is 9.59 Å². The first-order valence-corrected chi connectivity index (χ1v) is 35.2. The molecule has 0 aliphatic carbocycles. The van der Waals surface area contributed by atoms with Crippen molar-refractivity contribution >= 4 is 101 Å². The number of ether oxygens (including phenoxy) is 2. The van der Waals surface area contributed by atoms with Crippen LogP contribution in [-0.4, -0.2) is 34.9 Å². The molecule has 0 aliphatic heterocycles. The van der Waals surface area contributed by atoms with Gasteiger partial charge in [-0.15, -0.1) is 45.3 Å². The molecule has 0 saturated carbocycles. The number of Topliss-reactive ketones (excluding diaryl/α,β-unsaturated/α-hetero) is 2. The first kappa shape index (κ1) is 61.1. The van der Waals surface area contributed by atoms with Gasteiger partial charge in [-0.2, -0.15) is 0 Å². The maximum absolute atomic E-state index is 12.4. The van der Waals surface area contributed by atoms with Gasteiger partial charge in [0, 0.05) is 86.1 Å². The fourth-order valence-corrected chi connectivity index (χ4v) is 16.9. The van der Waals surface area contributed by atoms with Crippen molar-refractivity contribution in [1.29, 1.82) is 0 Å². The summed E-state index contributed by atoms with van der Waals surface area (Å²) >= 11 is 6.76. The average Bonchev–Trinajstić information content (AvgIpc) is 1.61. The van der Waals surface area contributed by atoms with Crippen LogP contribution in [0.1, 0.15) is 175 Å². The van der Waals surface area contributed by atoms with E-state index < -0.39 is 0 Å². The molecular weight excluding hydrogens is 1130 g/mol. The van der Waals surface area contributed by atoms with Crippen molar-refractivity contribution in [3.8, 4) is 74.1 Å². The lowest BCUT2D eigenvalue weighted by Crippen LogP contribution is -2.02. The van der Waals surface area contributed by atoms with E-state index >= 15 is 0 Å². The highest BCUT2D eigenvalue weighted by atomic mass is 32.1. The van der Waals surface area contributed by atoms with Crippen LogP contribution in [0, 0.1) is 0 Å². The van der Waals surface area contributed by atoms with Crippen molar-refractivity contribution in [3.05, 3.63) is 143 Å². The summed E-state index contributed by atoms with van der Waals surface area (Å²) in [6.07, 6.45) is 25.5. The highest BCUT2D eigenvalue weighted by Crippen LogP contribution is 2.53. The molecule has 0 unspecified atom stereocenters. The van der Waals surface area contributed by atoms with Crippen molar-refractivity contribution in [2.45, 2.75) is 169 Å². The summed E-state index contributed by atoms with van der Waals surface area (Å²) in [7, 11) is 3.52. The third-order valence-corrected chi connectivity index (χ3v) is 22.5. The predicted molar refractivity (Wildman–Crippen MR) is 373 cm³/mol. The molecule has 0 radical (unpaired) electrons. The Morgan fingerprint density at radius 1 is 0.360 bits per heavy atom. The number of fused-ring (bicyclic) bond motifs is 6. The number of rotatable bonds is 32. The van der Waals surface area contributed by atoms with E-state index in [2.05, 4.69) is 144 Å². The SMILES string of the molecule is CCCCCCCCCCCCn1c2ccc(-c3ccc(-c4ccc(C(C)=O)s4)s3)cc2c2c(-c3ccc(OC)cc3)c3c(c(-c4ccc(OC)cc4)c21)c1cc(-c2ccc(-c4ccc(C(C)=O)s4)s2)ccc1n3CCCCCCCCCCCC. The van der Waals surface area contributed by atoms with Gasteiger partial charge in [0.25, 0.3) is 0 Å². The van der Waals surface area contributed by atoms with Gasteiger partial charge >= 0.3 is 0 Å². The number of carbonyl (C=O) groups is 2. The van der Waals surface area contributed by atoms with Crippen LogP contribution in [0.5, 0.6) is 11.5 Å². The molecule has 446 valence electrons. The molecule has 0 aliphatic rings. The maximum atomic E-state index is 12.4. The van der Waals surface area contributed by atoms with Gasteiger partial charge in [-0.05, 0) is 146 Å². The zero-order valence-corrected chi connectivity index (χ0v) is 54.7. The molecule has 0 spiro atoms. The number of aromatic nitrogens is 2. The van der Waals surface area contributed by atoms with E-state index in [9.17, 15) is 9.59 Å². The van der Waals surface area contributed by atoms with Crippen molar-refractivity contribution in [3.63, 3.8) is 0 Å². The Balaban J connectivity index is 1.15. The van der Waals surface area contributed by atoms with Crippen LogP contribution in [0.15, 0.2) is 133 Å². The molecule has 5 aromatic carbocycles. The Morgan fingerprint density at radius 3 is 1.01 bits per heavy atom. The molecule has 0 atom stereocenters. The molecule has 0 N–H and O–H groups in total. The number of carbonyl (C=O) groups excluding carboxylic acids is 2. The number of thiophene rings is 4. The summed E-state index contributed by atoms with van der Waals surface area (Å²) in [4.78, 5) is 33.5. The van der Waals surface area contributed by atoms with Crippen LogP contribution in [0.2, 0.25) is 0 Å². The summed E-state index contributed by atoms with van der Waals surface area (Å²) in [5.74, 6) is 1.88. The number of hydrogen-bond donors (Lipinski definition) is 0. The minimum Gasteiger partial charge on any atom is -0.497 e. The van der Waals surface area contributed by atoms with E-state index in [0.29, 0.717) is 0 Å². The molecule has 0 amide bonds. The summed E-state index contributed by atoms with van der Waals surface area (Å²) < 4.78 is 17.2. The minimum atomic E-state index is 0.105. The third-order valence-electron chi connectivity index (χ3n) is 17.5. The molecule has 6 aromatic heterocycles. The van der Waals surface area contributed by atoms with E-state index in [0.717, 1.165) is 56.9 Å². The molecule has 6 heterocycles. The van der Waals surface area contributed by atoms with Crippen LogP contribution >= 0.6 is 45.3 Å². The predicted octanol–water partition coefficient (Wildman–Crippen LogP) is 24.4. The van der Waals surface area contributed by atoms with Crippen molar-refractivity contribution < 1.29 is 19.1 Å². The van der Waals surface area contributed by atoms with Gasteiger partial charge in [0.15, 0.2) is 11.6 Å². The second-order valence-corrected chi connectivity index (χ2v) is 27.9. The second kappa shape index (κ2) is 29.0. The molecule has 11 rings (SSSR count). The summed E-state index contributed by atoms with van der Waals surface area (Å²) in [6.45, 7) is 9.69. The van der Waals surface area contributed by atoms with E-state index in [-0.39, 0.29) is 11.6 Å². The first-order chi connectivity index (χ1) is 42.2. The Labute approximate surface area is 525 Å². The molecule has 86 heavy (non-hydrogen) atoms. The van der Waals surface area contributed by atoms with E-state index in [1.165, 1.54) is 212 Å². The second-order valence-electron chi connectivity index (χ2n) is 23.6. The standard InChI is InChI=1S/C76H84N2O4S4/c1-7-9-11-13-15-17-19-21-23-25-47-77-61-37-31-55(65-41-45-69(85-65)67-43-39-63(83-67)51(3)79)49-59(61)73-72(54-29-35-58(82-6)36-30-54)76-74(71(75(73)77)53-27-33-57(81-5)34-28-53)60-50-56(66-42-46-70(86-66)68-44-40-64(84-68)52(4)80)32-38-62(60)78(76)48-26-24-22-20-18-16-14-12-10-8-2/h27-46,49-50H,7-26,47-48H2,1-6H3. The van der Waals surface area contributed by atoms with Gasteiger partial charge in [-0.25, -0.2) is 0 Å². The van der Waals surface area contributed by atoms with E-state index in [1.54, 1.807) is 73.4 Å². The van der Waals surface area contributed by atoms with Crippen LogP contribution < -0.4 is 9.47 Å². The first-order valence-electron chi connectivity index (χ1n) is 32.0. The average molecular weight is 1220 g/mol. The smallest absolute Gasteiger partial charge is 0.169 e. The number of aryl methyl sites for hydroxylation is 2. The summed E-state index contributed by atoms with van der Waals surface area (Å²) in [6, 6.07) is 49.4. The Kier molecular flexibility index (Phi) is 20.6. The number of hydrogen-bond acceptors (Lipinski definition) is 8. The molecule has 6 nitrogen and oxygen atoms in total. The van der Waals surface area contributed by atoms with E-state index in [4.69, 9.17) is 9.47 Å². The Morgan fingerprint density at radius 2 is 0.674 bits per heavy atom. The molecule has 0 bridgehead atoms. The van der Waals surface area contributed by atoms with Gasteiger partial charge in [0.05, 0.1) is 35.0 Å². The number of nitrogens with zero attached hydrogens (tertiary/aromatic N) is 2. The zero-order chi connectivity index (χ0) is 59.5. The fraction of sp³-hybridized carbons (Fsp3) is 0.368. The molecule has 10 heteroatoms. The van der Waals surface area contributed by atoms with Crippen LogP contribution in [0.25, 0.3) is 106 Å². The highest BCUT2D eigenvalue weighted by Gasteiger charge is 2.29. The van der Waals surface area contributed by atoms with Gasteiger partial charge in [-0.1, -0.05) is 166 Å². The lowest BCUT2D eigenvalue weighted by molar-refractivity contribution is 0.101. The monoisotopic (exact) mass is 1220 g/mol. The summed E-state index contributed by atoms with van der Waals surface area (Å²) in [5.41, 5.74) is 12.2. The van der Waals surface area contributed by atoms with Crippen molar-refractivity contribution in [2.24, 2.45) is 0 Å². The molecular formula is C76H84N2O4S4. The fourth-order valence-electron chi connectivity index (χ4n) is 12.9. The minimum absolute atomic E-state index is 0.105. The highest BCUT2D eigenvalue weighted by molar-refractivity contribution is 7.25. The number of unbranched alkanes of at least 4 members (excludes halogenated alkanes) is 18. The topological polar surface area (TPSA) is 62.5 Å². The normalized spacial score (nSPS) is 11.8. The molecule has 0 saturated heterocycles. The van der Waals surface area contributed by atoms with Crippen molar-refractivity contribution in [1.82, 2.24) is 9.13 Å². The summed E-state index contributed by atoms with van der Waals surface area (Å²) in [5, 5.41) is 5.05. The largest absolute Gasteiger partial charge is 0.497 e. The number of benzene rings is 5. The molecule has 0 fully saturated rings. The van der Waals surface area contributed by atoms with Crippen LogP contribution in [0.4, 0.5) is 0 Å². The maximum Gasteiger partial charge on any atom is 0.169 e. The number of ketones is 2. The van der Waals surface area contributed by atoms with Crippen molar-refractivity contribution in [2.75, 3.05) is 14.2 Å². The van der Waals surface area contributed by atoms with Gasteiger partial charge < -0.3 is 18.6 Å². The van der Waals surface area contributed by atoms with Crippen LogP contribution in [0.3, 0.4) is 0 Å². The Hall–Kier alpha value is -6.56. The van der Waals surface area contributed by atoms with Gasteiger partial charge in [0.2, 0.25) is 0 Å². The quantitative estimate of drug-likeness (QED) is 0.0311. The molecule has 11 aromatic rings. The van der Waals surface area contributed by atoms with E-state index in [1.807, 2.05) is 12.1 Å². The zero-order valence-electron chi connectivity index (χ0n) is 51.4. The van der Waals surface area contributed by atoms with Gasteiger partial charge in [0.1, 0.15) is 11.5 Å². The lowest BCUT2D eigenvalue weighted by atomic mass is 9.89. The number of methoxy groups -OCH3 is 2. The lowest BCUT2D eigenvalue weighted by Gasteiger charge is -2.19. The Bertz CT molecular complexity index is 3820.